The molecule has 1 heterocycles. The number of nitrogens with zero attached hydrogens (tertiary/aromatic N) is 1. The van der Waals surface area contributed by atoms with E-state index in [1.54, 1.807) is 0 Å². The molecule has 0 radical (unpaired) electrons. The lowest BCUT2D eigenvalue weighted by atomic mass is 10.1. The van der Waals surface area contributed by atoms with Gasteiger partial charge in [-0.25, -0.2) is 4.68 Å². The van der Waals surface area contributed by atoms with Crippen LogP contribution in [0.25, 0.3) is 0 Å². The first kappa shape index (κ1) is 19.6. The van der Waals surface area contributed by atoms with Crippen LogP contribution in [-0.2, 0) is 0 Å². The molecule has 1 aromatic carbocycles. The normalized spacial score (nSPS) is 10.7. The summed E-state index contributed by atoms with van der Waals surface area (Å²) in [5.41, 5.74) is 6.81. The van der Waals surface area contributed by atoms with Crippen LogP contribution in [0.1, 0.15) is 32.0 Å². The molecule has 7 nitrogen and oxygen atoms in total. The number of aromatic nitrogens is 1. The molecule has 26 heavy (non-hydrogen) atoms. The van der Waals surface area contributed by atoms with Gasteiger partial charge >= 0.3 is 6.61 Å². The number of halogens is 3. The summed E-state index contributed by atoms with van der Waals surface area (Å²) < 4.78 is 30.7. The Morgan fingerprint density at radius 1 is 1.27 bits per heavy atom. The van der Waals surface area contributed by atoms with Crippen LogP contribution in [0.2, 0.25) is 0 Å². The van der Waals surface area contributed by atoms with Crippen molar-refractivity contribution in [1.82, 2.24) is 4.68 Å². The minimum Gasteiger partial charge on any atom is -0.434 e. The molecule has 0 bridgehead atoms. The molecule has 2 aromatic rings. The fourth-order valence-corrected chi connectivity index (χ4v) is 2.73. The Balaban J connectivity index is 2.49. The number of amides is 2. The number of carbonyl (C=O) groups excluding carboxylic acids is 2. The van der Waals surface area contributed by atoms with Gasteiger partial charge in [-0.15, -0.1) is 0 Å². The van der Waals surface area contributed by atoms with Gasteiger partial charge in [-0.2, -0.15) is 8.78 Å². The zero-order valence-corrected chi connectivity index (χ0v) is 15.3. The standard InChI is InChI=1S/C16H14BrF2N3O4/c1-7-5-8(2)22(15(25)12(7)13(20)23)21-14(24)10-6-9(17)3-4-11(10)26-16(18)19/h3-6,16H,1-2H3,(H2,20,23)(H,21,24). The van der Waals surface area contributed by atoms with Crippen LogP contribution in [0.4, 0.5) is 8.78 Å². The van der Waals surface area contributed by atoms with E-state index in [1.807, 2.05) is 0 Å². The quantitative estimate of drug-likeness (QED) is 0.760. The fraction of sp³-hybridized carbons (Fsp3) is 0.188. The number of hydrogen-bond acceptors (Lipinski definition) is 4. The summed E-state index contributed by atoms with van der Waals surface area (Å²) in [5, 5.41) is 0. The molecule has 0 fully saturated rings. The monoisotopic (exact) mass is 429 g/mol. The second kappa shape index (κ2) is 7.65. The second-order valence-corrected chi connectivity index (χ2v) is 6.22. The maximum atomic E-state index is 12.5. The van der Waals surface area contributed by atoms with Crippen molar-refractivity contribution in [3.63, 3.8) is 0 Å². The van der Waals surface area contributed by atoms with Crippen LogP contribution in [0.15, 0.2) is 33.5 Å². The van der Waals surface area contributed by atoms with Crippen LogP contribution < -0.4 is 21.5 Å². The van der Waals surface area contributed by atoms with E-state index in [-0.39, 0.29) is 16.9 Å². The van der Waals surface area contributed by atoms with Crippen molar-refractivity contribution in [2.45, 2.75) is 20.5 Å². The molecule has 1 aromatic heterocycles. The third-order valence-corrected chi connectivity index (χ3v) is 3.94. The van der Waals surface area contributed by atoms with Crippen molar-refractivity contribution < 1.29 is 23.1 Å². The summed E-state index contributed by atoms with van der Waals surface area (Å²) in [6.07, 6.45) is 0. The Kier molecular flexibility index (Phi) is 5.76. The number of carbonyl (C=O) groups is 2. The van der Waals surface area contributed by atoms with Gasteiger partial charge in [0.05, 0.1) is 5.56 Å². The first-order chi connectivity index (χ1) is 12.1. The molecule has 0 aliphatic heterocycles. The van der Waals surface area contributed by atoms with E-state index in [1.165, 1.54) is 38.1 Å². The number of benzene rings is 1. The van der Waals surface area contributed by atoms with Gasteiger partial charge < -0.3 is 10.5 Å². The van der Waals surface area contributed by atoms with Gasteiger partial charge in [0.25, 0.3) is 17.4 Å². The van der Waals surface area contributed by atoms with Crippen molar-refractivity contribution in [3.05, 3.63) is 61.5 Å². The number of rotatable bonds is 5. The van der Waals surface area contributed by atoms with Crippen LogP contribution in [-0.4, -0.2) is 23.1 Å². The average molecular weight is 430 g/mol. The molecule has 0 aliphatic rings. The summed E-state index contributed by atoms with van der Waals surface area (Å²) in [4.78, 5) is 36.4. The number of aryl methyl sites for hydroxylation is 2. The summed E-state index contributed by atoms with van der Waals surface area (Å²) in [7, 11) is 0. The maximum absolute atomic E-state index is 12.5. The fourth-order valence-electron chi connectivity index (χ4n) is 2.37. The van der Waals surface area contributed by atoms with Gasteiger partial charge in [0, 0.05) is 10.2 Å². The average Bonchev–Trinajstić information content (AvgIpc) is 2.51. The van der Waals surface area contributed by atoms with Gasteiger partial charge in [-0.05, 0) is 43.7 Å². The smallest absolute Gasteiger partial charge is 0.387 e. The second-order valence-electron chi connectivity index (χ2n) is 5.31. The lowest BCUT2D eigenvalue weighted by Crippen LogP contribution is -2.39. The highest BCUT2D eigenvalue weighted by atomic mass is 79.9. The number of hydrogen-bond donors (Lipinski definition) is 2. The molecule has 2 amide bonds. The van der Waals surface area contributed by atoms with Gasteiger partial charge in [0.2, 0.25) is 0 Å². The van der Waals surface area contributed by atoms with Gasteiger partial charge in [-0.1, -0.05) is 15.9 Å². The topological polar surface area (TPSA) is 103 Å². The van der Waals surface area contributed by atoms with Crippen molar-refractivity contribution >= 4 is 27.7 Å². The Bertz CT molecular complexity index is 944. The predicted molar refractivity (Wildman–Crippen MR) is 93.2 cm³/mol. The number of nitrogens with two attached hydrogens (primary N) is 1. The number of ether oxygens (including phenoxy) is 1. The molecule has 0 atom stereocenters. The molecule has 0 unspecified atom stereocenters. The van der Waals surface area contributed by atoms with Crippen LogP contribution in [0, 0.1) is 13.8 Å². The minimum absolute atomic E-state index is 0.229. The molecule has 2 rings (SSSR count). The number of primary amides is 1. The Labute approximate surface area is 154 Å². The lowest BCUT2D eigenvalue weighted by molar-refractivity contribution is -0.0501. The van der Waals surface area contributed by atoms with E-state index in [9.17, 15) is 23.2 Å². The van der Waals surface area contributed by atoms with E-state index >= 15 is 0 Å². The van der Waals surface area contributed by atoms with Crippen molar-refractivity contribution in [1.29, 1.82) is 0 Å². The zero-order chi connectivity index (χ0) is 19.6. The number of nitrogens with one attached hydrogen (secondary N) is 1. The van der Waals surface area contributed by atoms with Gasteiger partial charge in [0.15, 0.2) is 0 Å². The Hall–Kier alpha value is -2.75. The summed E-state index contributed by atoms with van der Waals surface area (Å²) in [5.74, 6) is -2.19. The molecule has 10 heteroatoms. The molecule has 0 saturated heterocycles. The first-order valence-electron chi connectivity index (χ1n) is 7.20. The lowest BCUT2D eigenvalue weighted by Gasteiger charge is -2.16. The molecule has 3 N–H and O–H groups in total. The highest BCUT2D eigenvalue weighted by Crippen LogP contribution is 2.25. The van der Waals surface area contributed by atoms with E-state index < -0.39 is 24.0 Å². The molecule has 0 saturated carbocycles. The number of alkyl halides is 2. The third kappa shape index (κ3) is 4.07. The van der Waals surface area contributed by atoms with Crippen molar-refractivity contribution in [3.8, 4) is 5.75 Å². The highest BCUT2D eigenvalue weighted by Gasteiger charge is 2.20. The summed E-state index contributed by atoms with van der Waals surface area (Å²) >= 11 is 3.13. The SMILES string of the molecule is Cc1cc(C)n(NC(=O)c2cc(Br)ccc2OC(F)F)c(=O)c1C(N)=O. The van der Waals surface area contributed by atoms with E-state index in [4.69, 9.17) is 5.73 Å². The van der Waals surface area contributed by atoms with E-state index in [2.05, 4.69) is 26.1 Å². The van der Waals surface area contributed by atoms with Crippen molar-refractivity contribution in [2.24, 2.45) is 5.73 Å². The minimum atomic E-state index is -3.13. The third-order valence-electron chi connectivity index (χ3n) is 3.45. The molecule has 0 aliphatic carbocycles. The highest BCUT2D eigenvalue weighted by molar-refractivity contribution is 9.10. The summed E-state index contributed by atoms with van der Waals surface area (Å²) in [6.45, 7) is -0.0754. The first-order valence-corrected chi connectivity index (χ1v) is 8.00. The molecular formula is C16H14BrF2N3O4. The molecule has 0 spiro atoms. The van der Waals surface area contributed by atoms with Crippen LogP contribution >= 0.6 is 15.9 Å². The molecule has 138 valence electrons. The maximum Gasteiger partial charge on any atom is 0.387 e. The Morgan fingerprint density at radius 2 is 1.92 bits per heavy atom. The van der Waals surface area contributed by atoms with Gasteiger partial charge in [0.1, 0.15) is 11.3 Å². The zero-order valence-electron chi connectivity index (χ0n) is 13.7. The van der Waals surface area contributed by atoms with Crippen molar-refractivity contribution in [2.75, 3.05) is 5.43 Å². The van der Waals surface area contributed by atoms with Crippen LogP contribution in [0.5, 0.6) is 5.75 Å². The Morgan fingerprint density at radius 3 is 2.50 bits per heavy atom. The molecular weight excluding hydrogens is 416 g/mol. The predicted octanol–water partition coefficient (Wildman–Crippen LogP) is 2.31. The largest absolute Gasteiger partial charge is 0.434 e. The van der Waals surface area contributed by atoms with E-state index in [0.717, 1.165) is 4.68 Å². The summed E-state index contributed by atoms with van der Waals surface area (Å²) in [6, 6.07) is 5.35. The van der Waals surface area contributed by atoms with Gasteiger partial charge in [-0.3, -0.25) is 19.8 Å². The van der Waals surface area contributed by atoms with E-state index in [0.29, 0.717) is 15.7 Å². The van der Waals surface area contributed by atoms with Crippen LogP contribution in [0.3, 0.4) is 0 Å². The number of pyridine rings is 1.